The van der Waals surface area contributed by atoms with Gasteiger partial charge in [0.1, 0.15) is 17.4 Å². The molecule has 0 radical (unpaired) electrons. The van der Waals surface area contributed by atoms with E-state index in [-0.39, 0.29) is 24.9 Å². The van der Waals surface area contributed by atoms with E-state index in [1.54, 1.807) is 24.3 Å². The molecular weight excluding hydrogens is 515 g/mol. The van der Waals surface area contributed by atoms with Crippen molar-refractivity contribution in [1.29, 1.82) is 0 Å². The van der Waals surface area contributed by atoms with Crippen molar-refractivity contribution in [3.8, 4) is 5.75 Å². The molecule has 1 fully saturated rings. The number of hydrogen-bond acceptors (Lipinski definition) is 3. The summed E-state index contributed by atoms with van der Waals surface area (Å²) in [4.78, 5) is 0. The number of halogens is 5. The van der Waals surface area contributed by atoms with Gasteiger partial charge in [-0.2, -0.15) is 17.4 Å². The first-order valence-electron chi connectivity index (χ1n) is 11.6. The van der Waals surface area contributed by atoms with E-state index in [4.69, 9.17) is 0 Å². The molecular formula is C26H25F5N2O3S. The number of nitrogens with one attached hydrogen (secondary N) is 1. The zero-order chi connectivity index (χ0) is 26.6. The fourth-order valence-corrected chi connectivity index (χ4v) is 5.90. The monoisotopic (exact) mass is 540 g/mol. The van der Waals surface area contributed by atoms with Gasteiger partial charge in [-0.1, -0.05) is 36.4 Å². The summed E-state index contributed by atoms with van der Waals surface area (Å²) in [5.74, 6) is -1.61. The first-order valence-corrected chi connectivity index (χ1v) is 13.0. The SMILES string of the molecule is O=S(=O)(NCc1ccc(OC(F)(F)F)cc1)N1CCCC(C(c2ccc(F)cc2)c2ccc(F)cc2)C1. The third kappa shape index (κ3) is 7.27. The van der Waals surface area contributed by atoms with Crippen LogP contribution in [0.15, 0.2) is 72.8 Å². The van der Waals surface area contributed by atoms with Crippen LogP contribution in [-0.2, 0) is 16.8 Å². The molecule has 1 unspecified atom stereocenters. The first-order chi connectivity index (χ1) is 17.5. The molecule has 4 rings (SSSR count). The van der Waals surface area contributed by atoms with Crippen molar-refractivity contribution in [2.24, 2.45) is 5.92 Å². The van der Waals surface area contributed by atoms with Crippen LogP contribution in [-0.4, -0.2) is 32.2 Å². The number of nitrogens with zero attached hydrogens (tertiary/aromatic N) is 1. The molecule has 11 heteroatoms. The predicted molar refractivity (Wildman–Crippen MR) is 128 cm³/mol. The van der Waals surface area contributed by atoms with E-state index >= 15 is 0 Å². The van der Waals surface area contributed by atoms with E-state index < -0.39 is 34.0 Å². The molecule has 1 aliphatic heterocycles. The molecule has 1 saturated heterocycles. The lowest BCUT2D eigenvalue weighted by Crippen LogP contribution is -2.46. The van der Waals surface area contributed by atoms with Crippen LogP contribution in [0.2, 0.25) is 0 Å². The van der Waals surface area contributed by atoms with E-state index in [0.717, 1.165) is 23.3 Å². The fourth-order valence-electron chi connectivity index (χ4n) is 4.62. The maximum Gasteiger partial charge on any atom is 0.573 e. The summed E-state index contributed by atoms with van der Waals surface area (Å²) >= 11 is 0. The second-order valence-corrected chi connectivity index (χ2v) is 10.6. The molecule has 3 aromatic carbocycles. The highest BCUT2D eigenvalue weighted by Crippen LogP contribution is 2.38. The Bertz CT molecular complexity index is 1240. The van der Waals surface area contributed by atoms with Crippen LogP contribution < -0.4 is 9.46 Å². The van der Waals surface area contributed by atoms with Gasteiger partial charge in [-0.25, -0.2) is 8.78 Å². The standard InChI is InChI=1S/C26H25F5N2O3S/c27-22-9-5-19(6-10-22)25(20-7-11-23(28)12-8-20)21-2-1-15-33(17-21)37(34,35)32-16-18-3-13-24(14-4-18)36-26(29,30)31/h3-14,21,25,32H,1-2,15-17H2. The quantitative estimate of drug-likeness (QED) is 0.371. The van der Waals surface area contributed by atoms with Crippen molar-refractivity contribution in [1.82, 2.24) is 9.03 Å². The highest BCUT2D eigenvalue weighted by atomic mass is 32.2. The molecule has 37 heavy (non-hydrogen) atoms. The van der Waals surface area contributed by atoms with E-state index in [9.17, 15) is 30.4 Å². The smallest absolute Gasteiger partial charge is 0.406 e. The lowest BCUT2D eigenvalue weighted by atomic mass is 9.77. The number of hydrogen-bond donors (Lipinski definition) is 1. The third-order valence-corrected chi connectivity index (χ3v) is 7.83. The first kappa shape index (κ1) is 27.0. The van der Waals surface area contributed by atoms with Gasteiger partial charge in [-0.15, -0.1) is 13.2 Å². The molecule has 0 aliphatic carbocycles. The summed E-state index contributed by atoms with van der Waals surface area (Å²) in [5, 5.41) is 0. The molecule has 3 aromatic rings. The van der Waals surface area contributed by atoms with Crippen molar-refractivity contribution in [3.63, 3.8) is 0 Å². The summed E-state index contributed by atoms with van der Waals surface area (Å²) < 4.78 is 98.0. The van der Waals surface area contributed by atoms with Gasteiger partial charge < -0.3 is 4.74 Å². The Morgan fingerprint density at radius 1 is 0.892 bits per heavy atom. The molecule has 1 aliphatic rings. The van der Waals surface area contributed by atoms with E-state index in [1.165, 1.54) is 40.7 Å². The molecule has 0 aromatic heterocycles. The second-order valence-electron chi connectivity index (χ2n) is 8.86. The van der Waals surface area contributed by atoms with Gasteiger partial charge in [-0.3, -0.25) is 0 Å². The number of ether oxygens (including phenoxy) is 1. The van der Waals surface area contributed by atoms with E-state index in [2.05, 4.69) is 9.46 Å². The van der Waals surface area contributed by atoms with Crippen molar-refractivity contribution >= 4 is 10.2 Å². The number of piperidine rings is 1. The molecule has 1 heterocycles. The van der Waals surface area contributed by atoms with Crippen LogP contribution in [0.1, 0.15) is 35.4 Å². The average molecular weight is 541 g/mol. The molecule has 0 spiro atoms. The Labute approximate surface area is 212 Å². The van der Waals surface area contributed by atoms with E-state index in [1.807, 2.05) is 0 Å². The van der Waals surface area contributed by atoms with Gasteiger partial charge in [0, 0.05) is 25.6 Å². The lowest BCUT2D eigenvalue weighted by molar-refractivity contribution is -0.274. The normalized spacial score (nSPS) is 17.2. The minimum Gasteiger partial charge on any atom is -0.406 e. The predicted octanol–water partition coefficient (Wildman–Crippen LogP) is 5.74. The Morgan fingerprint density at radius 2 is 1.43 bits per heavy atom. The molecule has 1 atom stereocenters. The van der Waals surface area contributed by atoms with E-state index in [0.29, 0.717) is 24.9 Å². The minimum absolute atomic E-state index is 0.116. The molecule has 0 amide bonds. The van der Waals surface area contributed by atoms with Crippen molar-refractivity contribution < 1.29 is 35.1 Å². The molecule has 1 N–H and O–H groups in total. The van der Waals surface area contributed by atoms with Crippen molar-refractivity contribution in [3.05, 3.63) is 101 Å². The van der Waals surface area contributed by atoms with Crippen molar-refractivity contribution in [2.75, 3.05) is 13.1 Å². The van der Waals surface area contributed by atoms with Crippen molar-refractivity contribution in [2.45, 2.75) is 31.7 Å². The van der Waals surface area contributed by atoms with Gasteiger partial charge in [-0.05, 0) is 71.8 Å². The topological polar surface area (TPSA) is 58.6 Å². The summed E-state index contributed by atoms with van der Waals surface area (Å²) in [6.07, 6.45) is -3.51. The van der Waals surface area contributed by atoms with Crippen LogP contribution >= 0.6 is 0 Å². The Morgan fingerprint density at radius 3 is 1.95 bits per heavy atom. The van der Waals surface area contributed by atoms with Crippen LogP contribution in [0.25, 0.3) is 0 Å². The second kappa shape index (κ2) is 11.2. The Kier molecular flexibility index (Phi) is 8.15. The minimum atomic E-state index is -4.81. The van der Waals surface area contributed by atoms with Gasteiger partial charge in [0.2, 0.25) is 0 Å². The fraction of sp³-hybridized carbons (Fsp3) is 0.308. The summed E-state index contributed by atoms with van der Waals surface area (Å²) in [5.41, 5.74) is 2.06. The van der Waals surface area contributed by atoms with Gasteiger partial charge in [0.25, 0.3) is 10.2 Å². The van der Waals surface area contributed by atoms with Crippen LogP contribution in [0.3, 0.4) is 0 Å². The lowest BCUT2D eigenvalue weighted by Gasteiger charge is -2.37. The number of rotatable bonds is 8. The molecule has 0 bridgehead atoms. The zero-order valence-electron chi connectivity index (χ0n) is 19.6. The maximum absolute atomic E-state index is 13.6. The van der Waals surface area contributed by atoms with Crippen LogP contribution in [0.5, 0.6) is 5.75 Å². The molecule has 0 saturated carbocycles. The largest absolute Gasteiger partial charge is 0.573 e. The highest BCUT2D eigenvalue weighted by molar-refractivity contribution is 7.87. The van der Waals surface area contributed by atoms with Crippen LogP contribution in [0.4, 0.5) is 22.0 Å². The average Bonchev–Trinajstić information content (AvgIpc) is 2.85. The molecule has 198 valence electrons. The van der Waals surface area contributed by atoms with Crippen LogP contribution in [0, 0.1) is 17.6 Å². The summed E-state index contributed by atoms with van der Waals surface area (Å²) in [6, 6.07) is 16.9. The van der Waals surface area contributed by atoms with Gasteiger partial charge in [0.05, 0.1) is 0 Å². The maximum atomic E-state index is 13.6. The van der Waals surface area contributed by atoms with Gasteiger partial charge >= 0.3 is 6.36 Å². The molecule has 5 nitrogen and oxygen atoms in total. The third-order valence-electron chi connectivity index (χ3n) is 6.31. The Balaban J connectivity index is 1.48. The summed E-state index contributed by atoms with van der Waals surface area (Å²) in [7, 11) is -3.91. The highest BCUT2D eigenvalue weighted by Gasteiger charge is 2.34. The van der Waals surface area contributed by atoms with Gasteiger partial charge in [0.15, 0.2) is 0 Å². The summed E-state index contributed by atoms with van der Waals surface area (Å²) in [6.45, 7) is 0.367. The number of benzene rings is 3. The number of alkyl halides is 3. The zero-order valence-corrected chi connectivity index (χ0v) is 20.4. The Hall–Kier alpha value is -3.02.